The zero-order valence-electron chi connectivity index (χ0n) is 16.9. The van der Waals surface area contributed by atoms with Gasteiger partial charge in [0.15, 0.2) is 5.82 Å². The fraction of sp³-hybridized carbons (Fsp3) is 0.273. The van der Waals surface area contributed by atoms with Crippen molar-refractivity contribution < 1.29 is 17.2 Å². The third-order valence-corrected chi connectivity index (χ3v) is 6.77. The normalized spacial score (nSPS) is 15.1. The number of nitrogens with zero attached hydrogens (tertiary/aromatic N) is 3. The molecule has 2 aromatic carbocycles. The Kier molecular flexibility index (Phi) is 5.86. The smallest absolute Gasteiger partial charge is 0.264 e. The second-order valence-electron chi connectivity index (χ2n) is 7.70. The van der Waals surface area contributed by atoms with E-state index in [2.05, 4.69) is 26.7 Å². The van der Waals surface area contributed by atoms with Crippen molar-refractivity contribution in [2.24, 2.45) is 5.92 Å². The van der Waals surface area contributed by atoms with Gasteiger partial charge in [0.25, 0.3) is 10.0 Å². The van der Waals surface area contributed by atoms with Crippen LogP contribution in [0.5, 0.6) is 0 Å². The summed E-state index contributed by atoms with van der Waals surface area (Å²) < 4.78 is 54.2. The molecule has 0 aliphatic carbocycles. The van der Waals surface area contributed by atoms with Gasteiger partial charge in [-0.15, -0.1) is 10.2 Å². The minimum atomic E-state index is -4.26. The van der Waals surface area contributed by atoms with Crippen molar-refractivity contribution in [3.63, 3.8) is 0 Å². The van der Waals surface area contributed by atoms with Gasteiger partial charge >= 0.3 is 0 Å². The van der Waals surface area contributed by atoms with E-state index in [-0.39, 0.29) is 5.69 Å². The third kappa shape index (κ3) is 4.82. The second kappa shape index (κ2) is 8.58. The molecule has 1 N–H and O–H groups in total. The average Bonchev–Trinajstić information content (AvgIpc) is 2.76. The highest BCUT2D eigenvalue weighted by atomic mass is 32.2. The van der Waals surface area contributed by atoms with E-state index in [1.165, 1.54) is 12.1 Å². The molecule has 1 aliphatic rings. The molecule has 0 bridgehead atoms. The first-order valence-corrected chi connectivity index (χ1v) is 11.5. The van der Waals surface area contributed by atoms with Gasteiger partial charge in [-0.05, 0) is 61.2 Å². The van der Waals surface area contributed by atoms with E-state index in [4.69, 9.17) is 0 Å². The Morgan fingerprint density at radius 2 is 1.68 bits per heavy atom. The molecule has 0 radical (unpaired) electrons. The Labute approximate surface area is 180 Å². The molecule has 1 aromatic heterocycles. The molecule has 1 saturated heterocycles. The molecule has 1 fully saturated rings. The van der Waals surface area contributed by atoms with Crippen molar-refractivity contribution in [1.29, 1.82) is 0 Å². The standard InChI is InChI=1S/C22H22F2N4O2S/c1-15-10-12-28(13-11-15)22-9-8-20(25-26-22)16-2-5-18(6-3-16)27-31(29,30)21-14-17(23)4-7-19(21)24/h2-9,14-15,27H,10-13H2,1H3. The predicted molar refractivity (Wildman–Crippen MR) is 115 cm³/mol. The number of benzene rings is 2. The van der Waals surface area contributed by atoms with E-state index < -0.39 is 26.6 Å². The fourth-order valence-corrected chi connectivity index (χ4v) is 4.64. The number of rotatable bonds is 5. The van der Waals surface area contributed by atoms with Crippen LogP contribution in [-0.2, 0) is 10.0 Å². The van der Waals surface area contributed by atoms with Crippen LogP contribution in [0.4, 0.5) is 20.3 Å². The summed E-state index contributed by atoms with van der Waals surface area (Å²) in [6, 6.07) is 12.5. The highest BCUT2D eigenvalue weighted by molar-refractivity contribution is 7.92. The SMILES string of the molecule is CC1CCN(c2ccc(-c3ccc(NS(=O)(=O)c4cc(F)ccc4F)cc3)nn2)CC1. The van der Waals surface area contributed by atoms with Crippen LogP contribution >= 0.6 is 0 Å². The molecule has 2 heterocycles. The molecular weight excluding hydrogens is 422 g/mol. The Hall–Kier alpha value is -3.07. The van der Waals surface area contributed by atoms with Crippen LogP contribution in [0.25, 0.3) is 11.3 Å². The average molecular weight is 445 g/mol. The summed E-state index contributed by atoms with van der Waals surface area (Å²) in [4.78, 5) is 1.48. The van der Waals surface area contributed by atoms with E-state index >= 15 is 0 Å². The summed E-state index contributed by atoms with van der Waals surface area (Å²) in [5.74, 6) is -0.281. The quantitative estimate of drug-likeness (QED) is 0.629. The molecule has 1 aliphatic heterocycles. The topological polar surface area (TPSA) is 75.2 Å². The van der Waals surface area contributed by atoms with E-state index in [0.717, 1.165) is 55.4 Å². The van der Waals surface area contributed by atoms with Gasteiger partial charge in [-0.3, -0.25) is 4.72 Å². The lowest BCUT2D eigenvalue weighted by Crippen LogP contribution is -2.33. The van der Waals surface area contributed by atoms with E-state index in [0.29, 0.717) is 11.8 Å². The monoisotopic (exact) mass is 444 g/mol. The molecule has 0 spiro atoms. The molecule has 4 rings (SSSR count). The third-order valence-electron chi connectivity index (χ3n) is 5.37. The lowest BCUT2D eigenvalue weighted by atomic mass is 9.99. The maximum Gasteiger partial charge on any atom is 0.264 e. The van der Waals surface area contributed by atoms with E-state index in [1.54, 1.807) is 12.1 Å². The summed E-state index contributed by atoms with van der Waals surface area (Å²) in [6.07, 6.45) is 2.28. The van der Waals surface area contributed by atoms with Gasteiger partial charge in [0.1, 0.15) is 16.5 Å². The Morgan fingerprint density at radius 1 is 0.968 bits per heavy atom. The predicted octanol–water partition coefficient (Wildman–Crippen LogP) is 4.46. The van der Waals surface area contributed by atoms with Crippen molar-refractivity contribution in [3.8, 4) is 11.3 Å². The number of nitrogens with one attached hydrogen (secondary N) is 1. The number of hydrogen-bond donors (Lipinski definition) is 1. The Morgan fingerprint density at radius 3 is 2.32 bits per heavy atom. The zero-order chi connectivity index (χ0) is 22.0. The maximum atomic E-state index is 13.8. The van der Waals surface area contributed by atoms with Gasteiger partial charge in [0.2, 0.25) is 0 Å². The lowest BCUT2D eigenvalue weighted by Gasteiger charge is -2.30. The largest absolute Gasteiger partial charge is 0.355 e. The summed E-state index contributed by atoms with van der Waals surface area (Å²) in [5.41, 5.74) is 1.63. The van der Waals surface area contributed by atoms with Crippen LogP contribution in [0.2, 0.25) is 0 Å². The minimum absolute atomic E-state index is 0.222. The first-order valence-electron chi connectivity index (χ1n) is 9.99. The first kappa shape index (κ1) is 21.2. The molecule has 0 saturated carbocycles. The summed E-state index contributed by atoms with van der Waals surface area (Å²) in [7, 11) is -4.26. The highest BCUT2D eigenvalue weighted by Gasteiger charge is 2.20. The van der Waals surface area contributed by atoms with Gasteiger partial charge < -0.3 is 4.90 Å². The maximum absolute atomic E-state index is 13.8. The molecule has 31 heavy (non-hydrogen) atoms. The summed E-state index contributed by atoms with van der Waals surface area (Å²) in [6.45, 7) is 4.19. The molecule has 0 amide bonds. The van der Waals surface area contributed by atoms with Gasteiger partial charge in [-0.1, -0.05) is 19.1 Å². The Bertz CT molecular complexity index is 1160. The van der Waals surface area contributed by atoms with E-state index in [9.17, 15) is 17.2 Å². The molecule has 6 nitrogen and oxygen atoms in total. The van der Waals surface area contributed by atoms with Crippen molar-refractivity contribution >= 4 is 21.5 Å². The van der Waals surface area contributed by atoms with Crippen molar-refractivity contribution in [2.75, 3.05) is 22.7 Å². The van der Waals surface area contributed by atoms with Gasteiger partial charge in [0, 0.05) is 24.3 Å². The van der Waals surface area contributed by atoms with Crippen LogP contribution in [0, 0.1) is 17.6 Å². The van der Waals surface area contributed by atoms with Crippen molar-refractivity contribution in [2.45, 2.75) is 24.7 Å². The summed E-state index contributed by atoms with van der Waals surface area (Å²) in [5, 5.41) is 8.63. The van der Waals surface area contributed by atoms with Gasteiger partial charge in [-0.25, -0.2) is 17.2 Å². The molecule has 0 unspecified atom stereocenters. The number of halogens is 2. The van der Waals surface area contributed by atoms with E-state index in [1.807, 2.05) is 12.1 Å². The molecule has 0 atom stereocenters. The van der Waals surface area contributed by atoms with Crippen LogP contribution in [0.15, 0.2) is 59.5 Å². The van der Waals surface area contributed by atoms with Crippen LogP contribution in [0.1, 0.15) is 19.8 Å². The van der Waals surface area contributed by atoms with Gasteiger partial charge in [0.05, 0.1) is 5.69 Å². The lowest BCUT2D eigenvalue weighted by molar-refractivity contribution is 0.436. The minimum Gasteiger partial charge on any atom is -0.355 e. The zero-order valence-corrected chi connectivity index (χ0v) is 17.7. The summed E-state index contributed by atoms with van der Waals surface area (Å²) >= 11 is 0. The number of sulfonamides is 1. The highest BCUT2D eigenvalue weighted by Crippen LogP contribution is 2.25. The first-order chi connectivity index (χ1) is 14.8. The van der Waals surface area contributed by atoms with Crippen LogP contribution in [0.3, 0.4) is 0 Å². The molecule has 162 valence electrons. The number of hydrogen-bond acceptors (Lipinski definition) is 5. The molecule has 9 heteroatoms. The van der Waals surface area contributed by atoms with Gasteiger partial charge in [-0.2, -0.15) is 0 Å². The van der Waals surface area contributed by atoms with Crippen molar-refractivity contribution in [3.05, 3.63) is 66.2 Å². The van der Waals surface area contributed by atoms with Crippen LogP contribution in [-0.4, -0.2) is 31.7 Å². The fourth-order valence-electron chi connectivity index (χ4n) is 3.49. The number of aromatic nitrogens is 2. The number of anilines is 2. The second-order valence-corrected chi connectivity index (χ2v) is 9.35. The molecule has 3 aromatic rings. The molecular formula is C22H22F2N4O2S. The van der Waals surface area contributed by atoms with Crippen molar-refractivity contribution in [1.82, 2.24) is 10.2 Å². The van der Waals surface area contributed by atoms with Crippen LogP contribution < -0.4 is 9.62 Å². The Balaban J connectivity index is 1.47. The number of piperidine rings is 1.